The second kappa shape index (κ2) is 7.52. The highest BCUT2D eigenvalue weighted by Crippen LogP contribution is 2.32. The van der Waals surface area contributed by atoms with Crippen molar-refractivity contribution >= 4 is 23.2 Å². The third-order valence-corrected chi connectivity index (χ3v) is 3.72. The Morgan fingerprint density at radius 3 is 2.42 bits per heavy atom. The van der Waals surface area contributed by atoms with Crippen molar-refractivity contribution in [3.05, 3.63) is 33.8 Å². The average molecular weight is 302 g/mol. The highest BCUT2D eigenvalue weighted by Gasteiger charge is 2.18. The lowest BCUT2D eigenvalue weighted by molar-refractivity contribution is 0.332. The normalized spacial score (nSPS) is 13.6. The third-order valence-electron chi connectivity index (χ3n) is 3.16. The van der Waals surface area contributed by atoms with Crippen molar-refractivity contribution in [1.82, 2.24) is 5.32 Å². The first kappa shape index (κ1) is 16.8. The van der Waals surface area contributed by atoms with Crippen LogP contribution in [0.25, 0.3) is 0 Å². The van der Waals surface area contributed by atoms with Crippen molar-refractivity contribution in [1.29, 1.82) is 0 Å². The number of rotatable bonds is 6. The maximum atomic E-state index is 6.33. The molecular weight excluding hydrogens is 277 g/mol. The van der Waals surface area contributed by atoms with E-state index in [-0.39, 0.29) is 0 Å². The molecule has 0 aliphatic heterocycles. The van der Waals surface area contributed by atoms with E-state index in [1.807, 2.05) is 18.2 Å². The molecule has 19 heavy (non-hydrogen) atoms. The van der Waals surface area contributed by atoms with E-state index in [4.69, 9.17) is 23.2 Å². The van der Waals surface area contributed by atoms with Gasteiger partial charge in [0.1, 0.15) is 0 Å². The molecule has 0 radical (unpaired) electrons. The van der Waals surface area contributed by atoms with Crippen LogP contribution in [-0.4, -0.2) is 6.54 Å². The van der Waals surface area contributed by atoms with Crippen molar-refractivity contribution in [3.63, 3.8) is 0 Å². The Balaban J connectivity index is 2.83. The first-order valence-electron chi connectivity index (χ1n) is 7.02. The molecule has 1 N–H and O–H groups in total. The van der Waals surface area contributed by atoms with E-state index in [9.17, 15) is 0 Å². The van der Waals surface area contributed by atoms with E-state index < -0.39 is 0 Å². The predicted octanol–water partition coefficient (Wildman–Crippen LogP) is 5.86. The van der Waals surface area contributed by atoms with Crippen LogP contribution >= 0.6 is 23.2 Å². The standard InChI is InChI=1S/C16H25Cl2N/c1-5-10-19-15(8-9-16(2,3)4)13-7-6-12(17)11-14(13)18/h6-7,11,15,19H,5,8-10H2,1-4H3. The van der Waals surface area contributed by atoms with E-state index in [2.05, 4.69) is 33.0 Å². The van der Waals surface area contributed by atoms with Gasteiger partial charge < -0.3 is 5.32 Å². The van der Waals surface area contributed by atoms with E-state index in [1.54, 1.807) is 0 Å². The molecule has 0 fully saturated rings. The van der Waals surface area contributed by atoms with Gasteiger partial charge in [0.05, 0.1) is 0 Å². The van der Waals surface area contributed by atoms with Gasteiger partial charge in [0, 0.05) is 16.1 Å². The summed E-state index contributed by atoms with van der Waals surface area (Å²) in [5.41, 5.74) is 1.49. The molecule has 0 aliphatic carbocycles. The van der Waals surface area contributed by atoms with E-state index in [1.165, 1.54) is 0 Å². The number of hydrogen-bond donors (Lipinski definition) is 1. The Bertz CT molecular complexity index is 396. The summed E-state index contributed by atoms with van der Waals surface area (Å²) in [6.45, 7) is 10.00. The molecule has 1 aromatic rings. The molecule has 1 unspecified atom stereocenters. The van der Waals surface area contributed by atoms with Crippen molar-refractivity contribution in [2.75, 3.05) is 6.54 Å². The van der Waals surface area contributed by atoms with Gasteiger partial charge in [-0.3, -0.25) is 0 Å². The van der Waals surface area contributed by atoms with E-state index in [0.29, 0.717) is 16.5 Å². The first-order chi connectivity index (χ1) is 8.83. The molecule has 1 nitrogen and oxygen atoms in total. The number of halogens is 2. The molecule has 0 spiro atoms. The maximum Gasteiger partial charge on any atom is 0.0468 e. The lowest BCUT2D eigenvalue weighted by Crippen LogP contribution is -2.24. The summed E-state index contributed by atoms with van der Waals surface area (Å²) < 4.78 is 0. The zero-order valence-electron chi connectivity index (χ0n) is 12.4. The fourth-order valence-corrected chi connectivity index (χ4v) is 2.59. The van der Waals surface area contributed by atoms with Gasteiger partial charge in [-0.25, -0.2) is 0 Å². The summed E-state index contributed by atoms with van der Waals surface area (Å²) in [7, 11) is 0. The molecule has 0 heterocycles. The molecule has 1 aromatic carbocycles. The summed E-state index contributed by atoms with van der Waals surface area (Å²) in [4.78, 5) is 0. The Hall–Kier alpha value is -0.240. The lowest BCUT2D eigenvalue weighted by Gasteiger charge is -2.25. The minimum atomic E-state index is 0.309. The number of nitrogens with one attached hydrogen (secondary N) is 1. The Morgan fingerprint density at radius 1 is 1.21 bits per heavy atom. The zero-order chi connectivity index (χ0) is 14.5. The van der Waals surface area contributed by atoms with Crippen LogP contribution in [-0.2, 0) is 0 Å². The third kappa shape index (κ3) is 6.16. The molecule has 0 saturated carbocycles. The van der Waals surface area contributed by atoms with Crippen LogP contribution in [0, 0.1) is 5.41 Å². The fourth-order valence-electron chi connectivity index (χ4n) is 2.05. The van der Waals surface area contributed by atoms with Gasteiger partial charge in [-0.1, -0.05) is 57.0 Å². The van der Waals surface area contributed by atoms with Crippen LogP contribution in [0.3, 0.4) is 0 Å². The minimum absolute atomic E-state index is 0.309. The van der Waals surface area contributed by atoms with Crippen LogP contribution < -0.4 is 5.32 Å². The summed E-state index contributed by atoms with van der Waals surface area (Å²) in [6, 6.07) is 6.10. The second-order valence-corrected chi connectivity index (χ2v) is 7.12. The average Bonchev–Trinajstić information content (AvgIpc) is 2.29. The largest absolute Gasteiger partial charge is 0.310 e. The SMILES string of the molecule is CCCNC(CCC(C)(C)C)c1ccc(Cl)cc1Cl. The monoisotopic (exact) mass is 301 g/mol. The molecule has 0 bridgehead atoms. The van der Waals surface area contributed by atoms with E-state index >= 15 is 0 Å². The van der Waals surface area contributed by atoms with Crippen molar-refractivity contribution in [2.24, 2.45) is 5.41 Å². The van der Waals surface area contributed by atoms with Crippen molar-refractivity contribution in [2.45, 2.75) is 53.0 Å². The van der Waals surface area contributed by atoms with Gasteiger partial charge in [-0.05, 0) is 48.9 Å². The topological polar surface area (TPSA) is 12.0 Å². The van der Waals surface area contributed by atoms with Gasteiger partial charge in [-0.15, -0.1) is 0 Å². The van der Waals surface area contributed by atoms with E-state index in [0.717, 1.165) is 36.4 Å². The molecule has 1 rings (SSSR count). The molecular formula is C16H25Cl2N. The summed E-state index contributed by atoms with van der Waals surface area (Å²) in [5.74, 6) is 0. The molecule has 108 valence electrons. The van der Waals surface area contributed by atoms with Crippen LogP contribution in [0.1, 0.15) is 58.6 Å². The molecule has 3 heteroatoms. The highest BCUT2D eigenvalue weighted by atomic mass is 35.5. The van der Waals surface area contributed by atoms with Crippen LogP contribution in [0.15, 0.2) is 18.2 Å². The number of benzene rings is 1. The predicted molar refractivity (Wildman–Crippen MR) is 86.2 cm³/mol. The second-order valence-electron chi connectivity index (χ2n) is 6.27. The molecule has 0 aromatic heterocycles. The Labute approximate surface area is 127 Å². The molecule has 0 amide bonds. The van der Waals surface area contributed by atoms with Crippen molar-refractivity contribution in [3.8, 4) is 0 Å². The lowest BCUT2D eigenvalue weighted by atomic mass is 9.87. The quantitative estimate of drug-likeness (QED) is 0.694. The highest BCUT2D eigenvalue weighted by molar-refractivity contribution is 6.35. The zero-order valence-corrected chi connectivity index (χ0v) is 13.9. The van der Waals surface area contributed by atoms with Gasteiger partial charge in [0.2, 0.25) is 0 Å². The van der Waals surface area contributed by atoms with Crippen molar-refractivity contribution < 1.29 is 0 Å². The Morgan fingerprint density at radius 2 is 1.89 bits per heavy atom. The summed E-state index contributed by atoms with van der Waals surface area (Å²) >= 11 is 12.3. The maximum absolute atomic E-state index is 6.33. The molecule has 0 aliphatic rings. The smallest absolute Gasteiger partial charge is 0.0468 e. The Kier molecular flexibility index (Phi) is 6.65. The van der Waals surface area contributed by atoms with Crippen LogP contribution in [0.4, 0.5) is 0 Å². The van der Waals surface area contributed by atoms with Crippen LogP contribution in [0.5, 0.6) is 0 Å². The summed E-state index contributed by atoms with van der Waals surface area (Å²) in [6.07, 6.45) is 3.37. The fraction of sp³-hybridized carbons (Fsp3) is 0.625. The molecule has 1 atom stereocenters. The van der Waals surface area contributed by atoms with Gasteiger partial charge in [0.25, 0.3) is 0 Å². The molecule has 0 saturated heterocycles. The van der Waals surface area contributed by atoms with Gasteiger partial charge >= 0.3 is 0 Å². The number of hydrogen-bond acceptors (Lipinski definition) is 1. The van der Waals surface area contributed by atoms with Gasteiger partial charge in [-0.2, -0.15) is 0 Å². The van der Waals surface area contributed by atoms with Gasteiger partial charge in [0.15, 0.2) is 0 Å². The summed E-state index contributed by atoms with van der Waals surface area (Å²) in [5, 5.41) is 5.04. The minimum Gasteiger partial charge on any atom is -0.310 e. The van der Waals surface area contributed by atoms with Crippen LogP contribution in [0.2, 0.25) is 10.0 Å². The first-order valence-corrected chi connectivity index (χ1v) is 7.77.